The number of piperazine rings is 1. The van der Waals surface area contributed by atoms with Crippen LogP contribution >= 0.6 is 0 Å². The average molecular weight is 277 g/mol. The molecule has 2 fully saturated rings. The lowest BCUT2D eigenvalue weighted by Gasteiger charge is -2.35. The lowest BCUT2D eigenvalue weighted by Crippen LogP contribution is -2.49. The fourth-order valence-corrected chi connectivity index (χ4v) is 2.77. The van der Waals surface area contributed by atoms with E-state index >= 15 is 0 Å². The number of hydrogen-bond donors (Lipinski definition) is 1. The Balaban J connectivity index is 1.66. The summed E-state index contributed by atoms with van der Waals surface area (Å²) in [4.78, 5) is 21.3. The van der Waals surface area contributed by atoms with Crippen molar-refractivity contribution in [3.05, 3.63) is 22.7 Å². The van der Waals surface area contributed by atoms with Crippen LogP contribution in [0.25, 0.3) is 0 Å². The van der Waals surface area contributed by atoms with Crippen LogP contribution in [0.4, 0.5) is 5.82 Å². The minimum Gasteiger partial charge on any atom is -0.349 e. The number of rotatable bonds is 5. The summed E-state index contributed by atoms with van der Waals surface area (Å²) in [5.74, 6) is 0.623. The Labute approximate surface area is 119 Å². The van der Waals surface area contributed by atoms with Crippen LogP contribution in [0.15, 0.2) is 17.2 Å². The maximum absolute atomic E-state index is 12.4. The quantitative estimate of drug-likeness (QED) is 0.823. The largest absolute Gasteiger partial charge is 0.349 e. The fourth-order valence-electron chi connectivity index (χ4n) is 2.77. The first kappa shape index (κ1) is 13.6. The smallest absolute Gasteiger partial charge is 0.293 e. The summed E-state index contributed by atoms with van der Waals surface area (Å²) in [5, 5.41) is 0. The zero-order valence-electron chi connectivity index (χ0n) is 11.9. The van der Waals surface area contributed by atoms with Gasteiger partial charge in [0, 0.05) is 44.6 Å². The van der Waals surface area contributed by atoms with Crippen LogP contribution in [0.5, 0.6) is 0 Å². The van der Waals surface area contributed by atoms with Crippen molar-refractivity contribution in [3.63, 3.8) is 0 Å². The van der Waals surface area contributed by atoms with E-state index in [0.29, 0.717) is 11.9 Å². The molecule has 2 aliphatic rings. The first-order chi connectivity index (χ1) is 9.79. The van der Waals surface area contributed by atoms with Gasteiger partial charge in [-0.15, -0.1) is 0 Å². The summed E-state index contributed by atoms with van der Waals surface area (Å²) in [6, 6.07) is 0.412. The van der Waals surface area contributed by atoms with E-state index in [2.05, 4.69) is 14.8 Å². The SMILES string of the molecule is NCCCN1CCN(c2nccn(C3CC3)c2=O)CC1. The molecule has 1 aliphatic heterocycles. The Kier molecular flexibility index (Phi) is 4.03. The predicted molar refractivity (Wildman–Crippen MR) is 79.1 cm³/mol. The first-order valence-corrected chi connectivity index (χ1v) is 7.54. The predicted octanol–water partition coefficient (Wildman–Crippen LogP) is 0.0490. The molecule has 1 aromatic heterocycles. The van der Waals surface area contributed by atoms with Gasteiger partial charge in [0.2, 0.25) is 0 Å². The first-order valence-electron chi connectivity index (χ1n) is 7.54. The Morgan fingerprint density at radius 1 is 1.25 bits per heavy atom. The molecule has 3 rings (SSSR count). The Morgan fingerprint density at radius 2 is 2.00 bits per heavy atom. The molecule has 6 nitrogen and oxygen atoms in total. The van der Waals surface area contributed by atoms with Gasteiger partial charge in [0.15, 0.2) is 5.82 Å². The second kappa shape index (κ2) is 5.93. The minimum absolute atomic E-state index is 0.0745. The molecule has 1 aliphatic carbocycles. The third-order valence-corrected chi connectivity index (χ3v) is 4.14. The summed E-state index contributed by atoms with van der Waals surface area (Å²) in [7, 11) is 0. The van der Waals surface area contributed by atoms with Crippen molar-refractivity contribution in [2.45, 2.75) is 25.3 Å². The molecule has 2 heterocycles. The molecule has 110 valence electrons. The van der Waals surface area contributed by atoms with Crippen LogP contribution in [0, 0.1) is 0 Å². The van der Waals surface area contributed by atoms with E-state index in [1.165, 1.54) is 0 Å². The molecule has 0 spiro atoms. The van der Waals surface area contributed by atoms with Crippen LogP contribution in [-0.4, -0.2) is 53.7 Å². The fraction of sp³-hybridized carbons (Fsp3) is 0.714. The van der Waals surface area contributed by atoms with E-state index in [1.54, 1.807) is 6.20 Å². The van der Waals surface area contributed by atoms with E-state index in [4.69, 9.17) is 5.73 Å². The number of nitrogens with zero attached hydrogens (tertiary/aromatic N) is 4. The van der Waals surface area contributed by atoms with Crippen molar-refractivity contribution in [2.24, 2.45) is 5.73 Å². The van der Waals surface area contributed by atoms with Gasteiger partial charge in [0.05, 0.1) is 0 Å². The summed E-state index contributed by atoms with van der Waals surface area (Å²) in [6.07, 6.45) is 6.86. The maximum atomic E-state index is 12.4. The van der Waals surface area contributed by atoms with Gasteiger partial charge in [-0.3, -0.25) is 9.69 Å². The summed E-state index contributed by atoms with van der Waals surface area (Å²) in [5.41, 5.74) is 5.62. The van der Waals surface area contributed by atoms with Gasteiger partial charge in [-0.2, -0.15) is 0 Å². The minimum atomic E-state index is 0.0745. The van der Waals surface area contributed by atoms with E-state index in [-0.39, 0.29) is 5.56 Å². The molecule has 0 amide bonds. The lowest BCUT2D eigenvalue weighted by molar-refractivity contribution is 0.255. The van der Waals surface area contributed by atoms with E-state index in [9.17, 15) is 4.79 Å². The number of aromatic nitrogens is 2. The van der Waals surface area contributed by atoms with Gasteiger partial charge in [-0.25, -0.2) is 4.98 Å². The molecule has 2 N–H and O–H groups in total. The highest BCUT2D eigenvalue weighted by molar-refractivity contribution is 5.36. The number of anilines is 1. The normalized spacial score (nSPS) is 20.4. The van der Waals surface area contributed by atoms with Crippen molar-refractivity contribution in [3.8, 4) is 0 Å². The van der Waals surface area contributed by atoms with E-state index in [1.807, 2.05) is 10.8 Å². The Morgan fingerprint density at radius 3 is 2.65 bits per heavy atom. The van der Waals surface area contributed by atoms with Crippen LogP contribution in [0.2, 0.25) is 0 Å². The molecule has 0 unspecified atom stereocenters. The topological polar surface area (TPSA) is 67.4 Å². The van der Waals surface area contributed by atoms with Crippen molar-refractivity contribution in [1.82, 2.24) is 14.5 Å². The third-order valence-electron chi connectivity index (χ3n) is 4.14. The van der Waals surface area contributed by atoms with Gasteiger partial charge in [-0.05, 0) is 32.4 Å². The molecule has 1 saturated carbocycles. The summed E-state index contributed by atoms with van der Waals surface area (Å²) < 4.78 is 1.85. The summed E-state index contributed by atoms with van der Waals surface area (Å²) >= 11 is 0. The molecule has 20 heavy (non-hydrogen) atoms. The molecule has 0 atom stereocenters. The van der Waals surface area contributed by atoms with Crippen LogP contribution in [0.3, 0.4) is 0 Å². The highest BCUT2D eigenvalue weighted by Crippen LogP contribution is 2.33. The van der Waals surface area contributed by atoms with E-state index in [0.717, 1.165) is 58.5 Å². The average Bonchev–Trinajstić information content (AvgIpc) is 3.31. The maximum Gasteiger partial charge on any atom is 0.293 e. The third kappa shape index (κ3) is 2.86. The second-order valence-corrected chi connectivity index (χ2v) is 5.67. The van der Waals surface area contributed by atoms with Gasteiger partial charge < -0.3 is 15.2 Å². The van der Waals surface area contributed by atoms with Gasteiger partial charge in [0.25, 0.3) is 5.56 Å². The van der Waals surface area contributed by atoms with Crippen molar-refractivity contribution in [1.29, 1.82) is 0 Å². The summed E-state index contributed by atoms with van der Waals surface area (Å²) in [6.45, 7) is 5.52. The van der Waals surface area contributed by atoms with Crippen molar-refractivity contribution < 1.29 is 0 Å². The molecule has 1 saturated heterocycles. The van der Waals surface area contributed by atoms with Crippen molar-refractivity contribution in [2.75, 3.05) is 44.2 Å². The van der Waals surface area contributed by atoms with Crippen LogP contribution in [-0.2, 0) is 0 Å². The monoisotopic (exact) mass is 277 g/mol. The van der Waals surface area contributed by atoms with Gasteiger partial charge in [-0.1, -0.05) is 0 Å². The second-order valence-electron chi connectivity index (χ2n) is 5.67. The van der Waals surface area contributed by atoms with Crippen LogP contribution < -0.4 is 16.2 Å². The molecule has 0 bridgehead atoms. The van der Waals surface area contributed by atoms with Gasteiger partial charge in [0.1, 0.15) is 0 Å². The highest BCUT2D eigenvalue weighted by atomic mass is 16.1. The molecule has 1 aromatic rings. The van der Waals surface area contributed by atoms with Crippen LogP contribution in [0.1, 0.15) is 25.3 Å². The van der Waals surface area contributed by atoms with Crippen molar-refractivity contribution >= 4 is 5.82 Å². The standard InChI is InChI=1S/C14H23N5O/c15-4-1-6-17-8-10-18(11-9-17)13-14(20)19(7-5-16-13)12-2-3-12/h5,7,12H,1-4,6,8-11,15H2. The molecule has 6 heteroatoms. The molecular weight excluding hydrogens is 254 g/mol. The Hall–Kier alpha value is -1.40. The lowest BCUT2D eigenvalue weighted by atomic mass is 10.3. The van der Waals surface area contributed by atoms with E-state index < -0.39 is 0 Å². The number of nitrogens with two attached hydrogens (primary N) is 1. The Bertz CT molecular complexity index is 503. The number of hydrogen-bond acceptors (Lipinski definition) is 5. The highest BCUT2D eigenvalue weighted by Gasteiger charge is 2.27. The zero-order valence-corrected chi connectivity index (χ0v) is 11.9. The molecular formula is C14H23N5O. The molecule has 0 aromatic carbocycles. The molecule has 0 radical (unpaired) electrons. The zero-order chi connectivity index (χ0) is 13.9. The van der Waals surface area contributed by atoms with Gasteiger partial charge >= 0.3 is 0 Å².